The fraction of sp³-hybridized carbons (Fsp3) is 0.375. The smallest absolute Gasteiger partial charge is 0.0244 e. The lowest BCUT2D eigenvalue weighted by molar-refractivity contribution is 0.223. The van der Waals surface area contributed by atoms with Gasteiger partial charge in [0.25, 0.3) is 0 Å². The van der Waals surface area contributed by atoms with E-state index in [1.807, 2.05) is 0 Å². The van der Waals surface area contributed by atoms with Crippen LogP contribution in [0.3, 0.4) is 0 Å². The molecule has 2 aromatic rings. The first kappa shape index (κ1) is 13.0. The van der Waals surface area contributed by atoms with Crippen LogP contribution in [0.2, 0.25) is 0 Å². The molecule has 0 saturated carbocycles. The minimum atomic E-state index is 1.05. The molecular weight excluding hydrogens is 252 g/mol. The number of hydrogen-bond acceptors (Lipinski definition) is 3. The van der Waals surface area contributed by atoms with Gasteiger partial charge in [-0.05, 0) is 42.1 Å². The first-order valence-electron chi connectivity index (χ1n) is 6.74. The number of rotatable bonds is 3. The van der Waals surface area contributed by atoms with Gasteiger partial charge >= 0.3 is 0 Å². The van der Waals surface area contributed by atoms with Crippen LogP contribution in [0.5, 0.6) is 0 Å². The average Bonchev–Trinajstić information content (AvgIpc) is 2.40. The third kappa shape index (κ3) is 2.50. The molecule has 0 radical (unpaired) electrons. The molecule has 2 aromatic carbocycles. The molecule has 0 aromatic heterocycles. The predicted octanol–water partition coefficient (Wildman–Crippen LogP) is 3.01. The number of benzene rings is 2. The Labute approximate surface area is 120 Å². The molecule has 1 heterocycles. The topological polar surface area (TPSA) is 6.48 Å². The Bertz CT molecular complexity index is 595. The lowest BCUT2D eigenvalue weighted by atomic mass is 9.95. The van der Waals surface area contributed by atoms with Crippen LogP contribution in [0, 0.1) is 0 Å². The van der Waals surface area contributed by atoms with Crippen LogP contribution in [0.25, 0.3) is 10.8 Å². The first-order valence-corrected chi connectivity index (χ1v) is 7.19. The minimum Gasteiger partial charge on any atom is -0.308 e. The van der Waals surface area contributed by atoms with Gasteiger partial charge in [0, 0.05) is 31.1 Å². The molecule has 2 nitrogen and oxygen atoms in total. The molecule has 0 bridgehead atoms. The van der Waals surface area contributed by atoms with E-state index in [2.05, 4.69) is 66.9 Å². The Morgan fingerprint density at radius 1 is 1.11 bits per heavy atom. The van der Waals surface area contributed by atoms with E-state index in [9.17, 15) is 0 Å². The van der Waals surface area contributed by atoms with Gasteiger partial charge in [-0.25, -0.2) is 0 Å². The van der Waals surface area contributed by atoms with Gasteiger partial charge in [0.1, 0.15) is 0 Å². The minimum absolute atomic E-state index is 1.05. The molecule has 0 atom stereocenters. The monoisotopic (exact) mass is 272 g/mol. The molecule has 0 spiro atoms. The van der Waals surface area contributed by atoms with Gasteiger partial charge in [-0.1, -0.05) is 24.3 Å². The molecule has 100 valence electrons. The van der Waals surface area contributed by atoms with E-state index in [1.54, 1.807) is 0 Å². The van der Waals surface area contributed by atoms with E-state index < -0.39 is 0 Å². The van der Waals surface area contributed by atoms with Crippen molar-refractivity contribution in [3.8, 4) is 0 Å². The van der Waals surface area contributed by atoms with Crippen LogP contribution in [0.1, 0.15) is 11.1 Å². The van der Waals surface area contributed by atoms with Gasteiger partial charge in [-0.3, -0.25) is 4.90 Å². The molecular formula is C16H20N2S. The van der Waals surface area contributed by atoms with Crippen molar-refractivity contribution in [3.63, 3.8) is 0 Å². The molecule has 0 unspecified atom stereocenters. The number of likely N-dealkylation sites (N-methyl/N-ethyl adjacent to an activating group) is 1. The van der Waals surface area contributed by atoms with Crippen molar-refractivity contribution in [1.82, 2.24) is 9.80 Å². The number of hydrogen-bond donors (Lipinski definition) is 1. The van der Waals surface area contributed by atoms with E-state index >= 15 is 0 Å². The van der Waals surface area contributed by atoms with Gasteiger partial charge in [-0.2, -0.15) is 0 Å². The van der Waals surface area contributed by atoms with Crippen LogP contribution in [-0.2, 0) is 13.1 Å². The van der Waals surface area contributed by atoms with Crippen LogP contribution >= 0.6 is 12.6 Å². The lowest BCUT2D eigenvalue weighted by Gasteiger charge is -2.30. The predicted molar refractivity (Wildman–Crippen MR) is 83.9 cm³/mol. The Kier molecular flexibility index (Phi) is 3.52. The normalized spacial score (nSPS) is 15.4. The zero-order valence-corrected chi connectivity index (χ0v) is 12.5. The largest absolute Gasteiger partial charge is 0.308 e. The molecule has 3 rings (SSSR count). The molecule has 3 heteroatoms. The van der Waals surface area contributed by atoms with E-state index in [4.69, 9.17) is 0 Å². The first-order chi connectivity index (χ1) is 9.15. The highest BCUT2D eigenvalue weighted by Gasteiger charge is 2.18. The molecule has 0 saturated heterocycles. The molecule has 1 aliphatic heterocycles. The summed E-state index contributed by atoms with van der Waals surface area (Å²) in [6, 6.07) is 10.9. The van der Waals surface area contributed by atoms with Crippen molar-refractivity contribution in [3.05, 3.63) is 41.5 Å². The van der Waals surface area contributed by atoms with E-state index in [1.165, 1.54) is 21.9 Å². The lowest BCUT2D eigenvalue weighted by Crippen LogP contribution is -2.33. The SMILES string of the molecule is CN(C)CCN1Cc2cccc3c(S)ccc(c23)C1. The van der Waals surface area contributed by atoms with Gasteiger partial charge in [0.15, 0.2) is 0 Å². The summed E-state index contributed by atoms with van der Waals surface area (Å²) in [5, 5.41) is 2.72. The number of thiol groups is 1. The summed E-state index contributed by atoms with van der Waals surface area (Å²) in [6.07, 6.45) is 0. The zero-order chi connectivity index (χ0) is 13.4. The number of nitrogens with zero attached hydrogens (tertiary/aromatic N) is 2. The molecule has 1 aliphatic rings. The highest BCUT2D eigenvalue weighted by Crippen LogP contribution is 2.33. The highest BCUT2D eigenvalue weighted by atomic mass is 32.1. The van der Waals surface area contributed by atoms with Gasteiger partial charge < -0.3 is 4.90 Å². The molecule has 0 amide bonds. The fourth-order valence-corrected chi connectivity index (χ4v) is 3.11. The van der Waals surface area contributed by atoms with Crippen LogP contribution in [0.15, 0.2) is 35.2 Å². The summed E-state index contributed by atoms with van der Waals surface area (Å²) in [7, 11) is 4.26. The third-order valence-electron chi connectivity index (χ3n) is 3.84. The summed E-state index contributed by atoms with van der Waals surface area (Å²) >= 11 is 4.58. The van der Waals surface area contributed by atoms with Crippen molar-refractivity contribution in [2.24, 2.45) is 0 Å². The Balaban J connectivity index is 1.95. The Morgan fingerprint density at radius 2 is 1.84 bits per heavy atom. The third-order valence-corrected chi connectivity index (χ3v) is 4.23. The maximum atomic E-state index is 4.58. The van der Waals surface area contributed by atoms with E-state index in [0.717, 1.165) is 31.1 Å². The summed E-state index contributed by atoms with van der Waals surface area (Å²) < 4.78 is 0. The maximum Gasteiger partial charge on any atom is 0.0244 e. The zero-order valence-electron chi connectivity index (χ0n) is 11.6. The highest BCUT2D eigenvalue weighted by molar-refractivity contribution is 7.80. The van der Waals surface area contributed by atoms with Gasteiger partial charge in [0.2, 0.25) is 0 Å². The summed E-state index contributed by atoms with van der Waals surface area (Å²) in [5.74, 6) is 0. The second-order valence-corrected chi connectivity index (χ2v) is 6.08. The average molecular weight is 272 g/mol. The van der Waals surface area contributed by atoms with Gasteiger partial charge in [0.05, 0.1) is 0 Å². The summed E-state index contributed by atoms with van der Waals surface area (Å²) in [5.41, 5.74) is 2.88. The van der Waals surface area contributed by atoms with Crippen LogP contribution in [-0.4, -0.2) is 37.0 Å². The second-order valence-electron chi connectivity index (χ2n) is 5.60. The van der Waals surface area contributed by atoms with E-state index in [0.29, 0.717) is 0 Å². The molecule has 0 aliphatic carbocycles. The van der Waals surface area contributed by atoms with Crippen molar-refractivity contribution >= 4 is 23.4 Å². The molecule has 0 N–H and O–H groups in total. The standard InChI is InChI=1S/C16H20N2S/c1-17(2)8-9-18-10-12-4-3-5-14-15(19)7-6-13(11-18)16(12)14/h3-7,19H,8-11H2,1-2H3. The van der Waals surface area contributed by atoms with Crippen LogP contribution in [0.4, 0.5) is 0 Å². The fourth-order valence-electron chi connectivity index (χ4n) is 2.85. The van der Waals surface area contributed by atoms with Crippen molar-refractivity contribution in [2.45, 2.75) is 18.0 Å². The van der Waals surface area contributed by atoms with Crippen LogP contribution < -0.4 is 0 Å². The Hall–Kier alpha value is -1.03. The maximum absolute atomic E-state index is 4.58. The van der Waals surface area contributed by atoms with Crippen molar-refractivity contribution in [2.75, 3.05) is 27.2 Å². The van der Waals surface area contributed by atoms with Crippen molar-refractivity contribution in [1.29, 1.82) is 0 Å². The molecule has 19 heavy (non-hydrogen) atoms. The Morgan fingerprint density at radius 3 is 2.58 bits per heavy atom. The van der Waals surface area contributed by atoms with Gasteiger partial charge in [-0.15, -0.1) is 12.6 Å². The van der Waals surface area contributed by atoms with E-state index in [-0.39, 0.29) is 0 Å². The van der Waals surface area contributed by atoms with Crippen molar-refractivity contribution < 1.29 is 0 Å². The second kappa shape index (κ2) is 5.16. The summed E-state index contributed by atoms with van der Waals surface area (Å²) in [6.45, 7) is 4.33. The molecule has 0 fully saturated rings. The quantitative estimate of drug-likeness (QED) is 0.858. The summed E-state index contributed by atoms with van der Waals surface area (Å²) in [4.78, 5) is 5.85.